The molecule has 0 amide bonds. The second kappa shape index (κ2) is 11.0. The van der Waals surface area contributed by atoms with Gasteiger partial charge < -0.3 is 20.2 Å². The normalized spacial score (nSPS) is 12.8. The number of nitrogens with zero attached hydrogens (tertiary/aromatic N) is 4. The number of carbonyl (C=O) groups is 2. The zero-order valence-electron chi connectivity index (χ0n) is 22.1. The fourth-order valence-electron chi connectivity index (χ4n) is 4.96. The molecule has 5 heterocycles. The molecule has 8 bridgehead atoms. The first-order chi connectivity index (χ1) is 18.1. The van der Waals surface area contributed by atoms with Crippen molar-refractivity contribution in [3.05, 3.63) is 69.8 Å². The summed E-state index contributed by atoms with van der Waals surface area (Å²) in [5.41, 5.74) is 11.4. The molecule has 5 rings (SSSR count). The predicted molar refractivity (Wildman–Crippen MR) is 147 cm³/mol. The Kier molecular flexibility index (Phi) is 7.93. The van der Waals surface area contributed by atoms with Crippen LogP contribution >= 0.6 is 0 Å². The number of aromatic nitrogens is 4. The Balaban J connectivity index is 0.00000353. The van der Waals surface area contributed by atoms with E-state index in [-0.39, 0.29) is 29.3 Å². The van der Waals surface area contributed by atoms with Crippen molar-refractivity contribution < 1.29 is 36.3 Å². The average Bonchev–Trinajstić information content (AvgIpc) is 3.53. The van der Waals surface area contributed by atoms with E-state index in [1.807, 2.05) is 64.1 Å². The first kappa shape index (κ1) is 28.1. The van der Waals surface area contributed by atoms with Gasteiger partial charge in [-0.2, -0.15) is 0 Å². The van der Waals surface area contributed by atoms with Crippen LogP contribution in [0.4, 0.5) is 0 Å². The third kappa shape index (κ3) is 5.74. The van der Waals surface area contributed by atoms with Gasteiger partial charge in [-0.15, -0.1) is 22.1 Å². The van der Waals surface area contributed by atoms with Gasteiger partial charge in [-0.05, 0) is 63.3 Å². The van der Waals surface area contributed by atoms with Gasteiger partial charge in [0.2, 0.25) is 0 Å². The molecule has 2 N–H and O–H groups in total. The van der Waals surface area contributed by atoms with Crippen molar-refractivity contribution in [3.8, 4) is 0 Å². The third-order valence-electron chi connectivity index (χ3n) is 7.10. The van der Waals surface area contributed by atoms with Crippen molar-refractivity contribution in [2.75, 3.05) is 0 Å². The molecule has 2 aliphatic heterocycles. The summed E-state index contributed by atoms with van der Waals surface area (Å²) in [6.07, 6.45) is 2.59. The van der Waals surface area contributed by atoms with Crippen molar-refractivity contribution in [2.24, 2.45) is 0 Å². The Hall–Kier alpha value is -3.97. The molecule has 202 valence electrons. The number of fused-ring (bicyclic) bond motifs is 8. The zero-order chi connectivity index (χ0) is 27.1. The zero-order valence-corrected chi connectivity index (χ0v) is 23.1. The van der Waals surface area contributed by atoms with Gasteiger partial charge in [0.05, 0.1) is 22.8 Å². The number of carboxylic acids is 2. The van der Waals surface area contributed by atoms with Gasteiger partial charge in [-0.1, -0.05) is 47.0 Å². The molecule has 39 heavy (non-hydrogen) atoms. The fourth-order valence-corrected chi connectivity index (χ4v) is 4.96. The van der Waals surface area contributed by atoms with Crippen LogP contribution in [0.1, 0.15) is 72.6 Å². The van der Waals surface area contributed by atoms with Crippen molar-refractivity contribution in [2.45, 2.75) is 53.4 Å². The SMILES string of the molecule is CC1=Cc2cc3[n-]c(cc4nc(cc5[n-]c(cc1n2)cc5C)C(C)=C4CCC(=O)O)c(CCC(=O)O)c3C.[Ni+2]. The van der Waals surface area contributed by atoms with Crippen LogP contribution in [0.15, 0.2) is 30.3 Å². The topological polar surface area (TPSA) is 129 Å². The molecule has 2 aliphatic rings. The van der Waals surface area contributed by atoms with Crippen LogP contribution in [-0.4, -0.2) is 32.1 Å². The van der Waals surface area contributed by atoms with Crippen LogP contribution in [0.5, 0.6) is 0 Å². The maximum Gasteiger partial charge on any atom is 2.00 e. The Morgan fingerprint density at radius 2 is 1.46 bits per heavy atom. The molecule has 3 aromatic rings. The predicted octanol–water partition coefficient (Wildman–Crippen LogP) is 5.56. The van der Waals surface area contributed by atoms with E-state index in [4.69, 9.17) is 19.9 Å². The summed E-state index contributed by atoms with van der Waals surface area (Å²) in [6.45, 7) is 7.89. The summed E-state index contributed by atoms with van der Waals surface area (Å²) in [5.74, 6) is -1.76. The molecule has 0 atom stereocenters. The van der Waals surface area contributed by atoms with E-state index >= 15 is 0 Å². The van der Waals surface area contributed by atoms with Gasteiger partial charge in [-0.3, -0.25) is 9.59 Å². The quantitative estimate of drug-likeness (QED) is 0.371. The smallest absolute Gasteiger partial charge is 0.658 e. The van der Waals surface area contributed by atoms with Crippen LogP contribution in [0, 0.1) is 13.8 Å². The first-order valence-corrected chi connectivity index (χ1v) is 12.5. The first-order valence-electron chi connectivity index (χ1n) is 12.5. The third-order valence-corrected chi connectivity index (χ3v) is 7.10. The number of rotatable bonds is 6. The molecule has 3 aromatic heterocycles. The van der Waals surface area contributed by atoms with Crippen molar-refractivity contribution in [3.63, 3.8) is 0 Å². The van der Waals surface area contributed by atoms with E-state index in [9.17, 15) is 19.8 Å². The van der Waals surface area contributed by atoms with E-state index < -0.39 is 11.9 Å². The number of aliphatic carboxylic acids is 2. The van der Waals surface area contributed by atoms with Crippen molar-refractivity contribution >= 4 is 56.8 Å². The molecule has 9 heteroatoms. The second-order valence-corrected chi connectivity index (χ2v) is 9.84. The minimum atomic E-state index is -0.882. The summed E-state index contributed by atoms with van der Waals surface area (Å²) >= 11 is 0. The van der Waals surface area contributed by atoms with Crippen LogP contribution in [0.2, 0.25) is 0 Å². The maximum absolute atomic E-state index is 11.4. The number of carboxylic acid groups (broad SMARTS) is 2. The summed E-state index contributed by atoms with van der Waals surface area (Å²) in [5, 5.41) is 18.7. The van der Waals surface area contributed by atoms with E-state index in [1.54, 1.807) is 0 Å². The minimum Gasteiger partial charge on any atom is -0.658 e. The molecule has 0 spiro atoms. The van der Waals surface area contributed by atoms with Gasteiger partial charge in [0.1, 0.15) is 0 Å². The second-order valence-electron chi connectivity index (χ2n) is 9.84. The van der Waals surface area contributed by atoms with E-state index in [1.165, 1.54) is 0 Å². The molecule has 0 aliphatic carbocycles. The molecule has 0 fully saturated rings. The number of hydrogen-bond acceptors (Lipinski definition) is 4. The molecule has 0 aromatic carbocycles. The Bertz CT molecular complexity index is 1730. The summed E-state index contributed by atoms with van der Waals surface area (Å²) in [6, 6.07) is 9.67. The van der Waals surface area contributed by atoms with Gasteiger partial charge in [-0.25, -0.2) is 9.97 Å². The van der Waals surface area contributed by atoms with Crippen LogP contribution in [0.3, 0.4) is 0 Å². The number of hydrogen-bond donors (Lipinski definition) is 2. The van der Waals surface area contributed by atoms with Crippen molar-refractivity contribution in [1.82, 2.24) is 19.9 Å². The van der Waals surface area contributed by atoms with E-state index in [0.717, 1.165) is 67.0 Å². The minimum absolute atomic E-state index is 0. The maximum atomic E-state index is 11.4. The molecular formula is C30H28N4NiO4. The van der Waals surface area contributed by atoms with Gasteiger partial charge in [0, 0.05) is 12.8 Å². The number of allylic oxidation sites excluding steroid dienone is 3. The van der Waals surface area contributed by atoms with E-state index in [2.05, 4.69) is 0 Å². The average molecular weight is 567 g/mol. The van der Waals surface area contributed by atoms with Gasteiger partial charge >= 0.3 is 28.4 Å². The molecule has 8 nitrogen and oxygen atoms in total. The molecule has 0 radical (unpaired) electrons. The molecule has 0 unspecified atom stereocenters. The summed E-state index contributed by atoms with van der Waals surface area (Å²) < 4.78 is 0. The van der Waals surface area contributed by atoms with Crippen LogP contribution in [-0.2, 0) is 32.5 Å². The number of aryl methyl sites for hydroxylation is 3. The Labute approximate surface area is 235 Å². The van der Waals surface area contributed by atoms with Crippen LogP contribution in [0.25, 0.3) is 44.9 Å². The molecular weight excluding hydrogens is 539 g/mol. The van der Waals surface area contributed by atoms with E-state index in [0.29, 0.717) is 24.1 Å². The van der Waals surface area contributed by atoms with Gasteiger partial charge in [0.25, 0.3) is 0 Å². The summed E-state index contributed by atoms with van der Waals surface area (Å²) in [7, 11) is 0. The standard InChI is InChI=1S/C30H30N4O4.Ni/c1-15-9-20-12-25-17(3)21(5-7-29(35)36)27(33-25)14-28-22(6-8-30(37)38)18(4)26(34-28)13-24-16(2)10-19(32-24)11-23(15)31-20;/h9-14H,5-8H2,1-4H3,(H4,31,32,33,34,35,36,37,38);/q;+2/p-2. The summed E-state index contributed by atoms with van der Waals surface area (Å²) in [4.78, 5) is 42.2. The fraction of sp³-hybridized carbons (Fsp3) is 0.267. The largest absolute Gasteiger partial charge is 2.00 e. The monoisotopic (exact) mass is 566 g/mol. The molecule has 0 saturated heterocycles. The van der Waals surface area contributed by atoms with Gasteiger partial charge in [0.15, 0.2) is 0 Å². The molecule has 0 saturated carbocycles. The van der Waals surface area contributed by atoms with Crippen molar-refractivity contribution in [1.29, 1.82) is 0 Å². The Morgan fingerprint density at radius 3 is 2.18 bits per heavy atom. The van der Waals surface area contributed by atoms with Crippen LogP contribution < -0.4 is 9.97 Å². The Morgan fingerprint density at radius 1 is 0.769 bits per heavy atom.